The lowest BCUT2D eigenvalue weighted by molar-refractivity contribution is 0.420. The first-order chi connectivity index (χ1) is 9.13. The molecule has 1 saturated heterocycles. The molecule has 1 atom stereocenters. The van der Waals surface area contributed by atoms with Gasteiger partial charge in [-0.2, -0.15) is 0 Å². The van der Waals surface area contributed by atoms with Gasteiger partial charge in [-0.3, -0.25) is 0 Å². The molecule has 0 bridgehead atoms. The molecule has 0 aromatic heterocycles. The molecule has 19 heavy (non-hydrogen) atoms. The third kappa shape index (κ3) is 3.30. The Morgan fingerprint density at radius 3 is 2.42 bits per heavy atom. The minimum atomic E-state index is 0.514. The summed E-state index contributed by atoms with van der Waals surface area (Å²) in [4.78, 5) is 2.31. The second-order valence-corrected chi connectivity index (χ2v) is 6.67. The summed E-state index contributed by atoms with van der Waals surface area (Å²) in [6.07, 6.45) is 5.07. The van der Waals surface area contributed by atoms with Crippen molar-refractivity contribution >= 4 is 40.5 Å². The lowest BCUT2D eigenvalue weighted by Gasteiger charge is -2.35. The molecule has 104 valence electrons. The topological polar surface area (TPSA) is 15.3 Å². The van der Waals surface area contributed by atoms with Gasteiger partial charge in [0, 0.05) is 25.2 Å². The Hall–Kier alpha value is -0.150. The van der Waals surface area contributed by atoms with Crippen molar-refractivity contribution in [3.63, 3.8) is 0 Å². The normalized spacial score (nSPS) is 23.7. The molecule has 2 fully saturated rings. The molecule has 2 nitrogen and oxygen atoms in total. The van der Waals surface area contributed by atoms with E-state index in [2.05, 4.69) is 10.2 Å². The van der Waals surface area contributed by atoms with E-state index in [9.17, 15) is 0 Å². The fourth-order valence-electron chi connectivity index (χ4n) is 2.67. The van der Waals surface area contributed by atoms with E-state index in [0.717, 1.165) is 24.8 Å². The van der Waals surface area contributed by atoms with Crippen LogP contribution in [0.5, 0.6) is 0 Å². The molecule has 1 aromatic rings. The summed E-state index contributed by atoms with van der Waals surface area (Å²) in [6, 6.07) is 4.92. The molecule has 5 heteroatoms. The zero-order valence-corrected chi connectivity index (χ0v) is 12.9. The summed E-state index contributed by atoms with van der Waals surface area (Å²) in [5.41, 5.74) is 0.998. The van der Waals surface area contributed by atoms with Crippen molar-refractivity contribution in [3.8, 4) is 0 Å². The maximum atomic E-state index is 6.30. The molecule has 0 radical (unpaired) electrons. The van der Waals surface area contributed by atoms with Crippen molar-refractivity contribution < 1.29 is 0 Å². The summed E-state index contributed by atoms with van der Waals surface area (Å²) in [7, 11) is 0. The van der Waals surface area contributed by atoms with Crippen LogP contribution in [0.25, 0.3) is 0 Å². The first-order valence-electron chi connectivity index (χ1n) is 6.79. The molecule has 1 N–H and O–H groups in total. The van der Waals surface area contributed by atoms with Gasteiger partial charge in [-0.15, -0.1) is 0 Å². The molecule has 1 heterocycles. The zero-order chi connectivity index (χ0) is 13.4. The van der Waals surface area contributed by atoms with E-state index >= 15 is 0 Å². The highest BCUT2D eigenvalue weighted by molar-refractivity contribution is 6.44. The van der Waals surface area contributed by atoms with E-state index < -0.39 is 0 Å². The first kappa shape index (κ1) is 13.8. The summed E-state index contributed by atoms with van der Waals surface area (Å²) in [6.45, 7) is 2.02. The van der Waals surface area contributed by atoms with Crippen molar-refractivity contribution in [3.05, 3.63) is 27.2 Å². The van der Waals surface area contributed by atoms with Crippen LogP contribution in [-0.2, 0) is 0 Å². The Labute approximate surface area is 129 Å². The van der Waals surface area contributed by atoms with Gasteiger partial charge < -0.3 is 10.2 Å². The van der Waals surface area contributed by atoms with E-state index in [1.165, 1.54) is 25.7 Å². The number of benzene rings is 1. The number of halogens is 3. The highest BCUT2D eigenvalue weighted by Crippen LogP contribution is 2.35. The maximum Gasteiger partial charge on any atom is 0.0655 e. The number of nitrogens with one attached hydrogen (secondary N) is 1. The van der Waals surface area contributed by atoms with E-state index in [1.807, 2.05) is 6.07 Å². The van der Waals surface area contributed by atoms with Gasteiger partial charge in [0.25, 0.3) is 0 Å². The molecule has 1 aliphatic carbocycles. The quantitative estimate of drug-likeness (QED) is 0.832. The van der Waals surface area contributed by atoms with Gasteiger partial charge in [0.05, 0.1) is 20.8 Å². The van der Waals surface area contributed by atoms with Crippen LogP contribution in [0.3, 0.4) is 0 Å². The molecule has 1 aliphatic heterocycles. The molecule has 0 amide bonds. The van der Waals surface area contributed by atoms with Crippen molar-refractivity contribution in [1.29, 1.82) is 0 Å². The number of anilines is 1. The highest BCUT2D eigenvalue weighted by atomic mass is 35.5. The Morgan fingerprint density at radius 1 is 0.947 bits per heavy atom. The van der Waals surface area contributed by atoms with Crippen molar-refractivity contribution in [2.75, 3.05) is 18.0 Å². The van der Waals surface area contributed by atoms with Crippen molar-refractivity contribution in [2.45, 2.75) is 37.8 Å². The maximum absolute atomic E-state index is 6.30. The van der Waals surface area contributed by atoms with Gasteiger partial charge >= 0.3 is 0 Å². The minimum absolute atomic E-state index is 0.514. The minimum Gasteiger partial charge on any atom is -0.369 e. The summed E-state index contributed by atoms with van der Waals surface area (Å²) >= 11 is 18.4. The van der Waals surface area contributed by atoms with Gasteiger partial charge in [-0.25, -0.2) is 0 Å². The summed E-state index contributed by atoms with van der Waals surface area (Å²) < 4.78 is 0. The Bertz CT molecular complexity index is 474. The van der Waals surface area contributed by atoms with E-state index in [0.29, 0.717) is 21.1 Å². The third-order valence-corrected chi connectivity index (χ3v) is 4.83. The van der Waals surface area contributed by atoms with Crippen molar-refractivity contribution in [2.24, 2.45) is 0 Å². The fraction of sp³-hybridized carbons (Fsp3) is 0.571. The largest absolute Gasteiger partial charge is 0.369 e. The van der Waals surface area contributed by atoms with E-state index in [1.54, 1.807) is 6.07 Å². The van der Waals surface area contributed by atoms with Crippen LogP contribution in [0.15, 0.2) is 12.1 Å². The number of piperidine rings is 1. The second-order valence-electron chi connectivity index (χ2n) is 5.44. The lowest BCUT2D eigenvalue weighted by Crippen LogP contribution is -2.46. The average Bonchev–Trinajstić information content (AvgIpc) is 3.18. The van der Waals surface area contributed by atoms with Crippen LogP contribution in [-0.4, -0.2) is 25.2 Å². The lowest BCUT2D eigenvalue weighted by atomic mass is 10.0. The first-order valence-corrected chi connectivity index (χ1v) is 7.92. The van der Waals surface area contributed by atoms with Crippen LogP contribution < -0.4 is 10.2 Å². The molecule has 1 saturated carbocycles. The average molecular weight is 320 g/mol. The van der Waals surface area contributed by atoms with E-state index in [-0.39, 0.29) is 0 Å². The predicted molar refractivity (Wildman–Crippen MR) is 82.9 cm³/mol. The van der Waals surface area contributed by atoms with Crippen LogP contribution in [0.4, 0.5) is 5.69 Å². The second kappa shape index (κ2) is 5.69. The van der Waals surface area contributed by atoms with Gasteiger partial charge in [-0.05, 0) is 37.8 Å². The third-order valence-electron chi connectivity index (χ3n) is 3.80. The molecule has 1 aromatic carbocycles. The SMILES string of the molecule is Clc1cc(Cl)c(N2CCCC(NC3CC3)C2)cc1Cl. The molecular formula is C14H17Cl3N2. The molecule has 2 aliphatic rings. The van der Waals surface area contributed by atoms with Crippen LogP contribution in [0.2, 0.25) is 15.1 Å². The Morgan fingerprint density at radius 2 is 1.68 bits per heavy atom. The fourth-order valence-corrected chi connectivity index (χ4v) is 3.33. The molecular weight excluding hydrogens is 303 g/mol. The number of hydrogen-bond acceptors (Lipinski definition) is 2. The molecule has 1 unspecified atom stereocenters. The number of nitrogens with zero attached hydrogens (tertiary/aromatic N) is 1. The van der Waals surface area contributed by atoms with E-state index in [4.69, 9.17) is 34.8 Å². The monoisotopic (exact) mass is 318 g/mol. The van der Waals surface area contributed by atoms with Gasteiger partial charge in [0.2, 0.25) is 0 Å². The van der Waals surface area contributed by atoms with Crippen LogP contribution in [0.1, 0.15) is 25.7 Å². The predicted octanol–water partition coefficient (Wildman–Crippen LogP) is 4.37. The van der Waals surface area contributed by atoms with Crippen LogP contribution in [0, 0.1) is 0 Å². The Kier molecular flexibility index (Phi) is 4.14. The van der Waals surface area contributed by atoms with Gasteiger partial charge in [0.15, 0.2) is 0 Å². The van der Waals surface area contributed by atoms with Crippen LogP contribution >= 0.6 is 34.8 Å². The number of hydrogen-bond donors (Lipinski definition) is 1. The molecule has 0 spiro atoms. The summed E-state index contributed by atoms with van der Waals surface area (Å²) in [5, 5.41) is 5.46. The smallest absolute Gasteiger partial charge is 0.0655 e. The van der Waals surface area contributed by atoms with Gasteiger partial charge in [0.1, 0.15) is 0 Å². The zero-order valence-electron chi connectivity index (χ0n) is 10.6. The van der Waals surface area contributed by atoms with Crippen molar-refractivity contribution in [1.82, 2.24) is 5.32 Å². The molecule has 3 rings (SSSR count). The van der Waals surface area contributed by atoms with Gasteiger partial charge in [-0.1, -0.05) is 34.8 Å². The standard InChI is InChI=1S/C14H17Cl3N2/c15-11-6-13(17)14(7-12(11)16)19-5-1-2-10(8-19)18-9-3-4-9/h6-7,9-10,18H,1-5,8H2. The summed E-state index contributed by atoms with van der Waals surface area (Å²) in [5.74, 6) is 0. The highest BCUT2D eigenvalue weighted by Gasteiger charge is 2.28. The Balaban J connectivity index is 1.75. The number of rotatable bonds is 3.